The molecule has 2 heterocycles. The maximum absolute atomic E-state index is 13.4. The average molecular weight is 292 g/mol. The van der Waals surface area contributed by atoms with Crippen LogP contribution < -0.4 is 5.32 Å². The molecule has 0 bridgehead atoms. The van der Waals surface area contributed by atoms with Gasteiger partial charge in [0, 0.05) is 24.0 Å². The summed E-state index contributed by atoms with van der Waals surface area (Å²) in [5, 5.41) is 3.63. The van der Waals surface area contributed by atoms with Gasteiger partial charge < -0.3 is 10.2 Å². The van der Waals surface area contributed by atoms with E-state index in [1.807, 2.05) is 0 Å². The van der Waals surface area contributed by atoms with Gasteiger partial charge in [-0.1, -0.05) is 26.7 Å². The fourth-order valence-corrected chi connectivity index (χ4v) is 5.15. The Morgan fingerprint density at radius 1 is 1.19 bits per heavy atom. The zero-order valence-electron chi connectivity index (χ0n) is 13.9. The number of hydrogen-bond donors (Lipinski definition) is 1. The Kier molecular flexibility index (Phi) is 4.58. The minimum atomic E-state index is -0.0185. The van der Waals surface area contributed by atoms with E-state index in [0.29, 0.717) is 23.9 Å². The summed E-state index contributed by atoms with van der Waals surface area (Å²) in [5.74, 6) is 1.13. The molecule has 0 aromatic heterocycles. The molecule has 3 aliphatic rings. The van der Waals surface area contributed by atoms with E-state index in [1.165, 1.54) is 38.5 Å². The van der Waals surface area contributed by atoms with Crippen molar-refractivity contribution in [1.82, 2.24) is 10.2 Å². The zero-order valence-corrected chi connectivity index (χ0v) is 13.9. The first-order valence-electron chi connectivity index (χ1n) is 9.17. The van der Waals surface area contributed by atoms with Gasteiger partial charge in [-0.15, -0.1) is 0 Å². The smallest absolute Gasteiger partial charge is 0.229 e. The molecular weight excluding hydrogens is 260 g/mol. The number of carbonyl (C=O) groups is 1. The molecule has 3 fully saturated rings. The molecule has 2 saturated heterocycles. The first-order chi connectivity index (χ1) is 10.1. The molecule has 1 amide bonds. The van der Waals surface area contributed by atoms with Gasteiger partial charge in [-0.05, 0) is 57.4 Å². The Bertz CT molecular complexity index is 367. The molecule has 120 valence electrons. The molecule has 2 unspecified atom stereocenters. The van der Waals surface area contributed by atoms with Crippen molar-refractivity contribution in [1.29, 1.82) is 0 Å². The summed E-state index contributed by atoms with van der Waals surface area (Å²) in [7, 11) is 0. The molecule has 0 radical (unpaired) electrons. The number of nitrogens with zero attached hydrogens (tertiary/aromatic N) is 1. The lowest BCUT2D eigenvalue weighted by atomic mass is 9.77. The molecule has 0 aromatic rings. The molecule has 3 rings (SSSR count). The Labute approximate surface area is 129 Å². The fourth-order valence-electron chi connectivity index (χ4n) is 5.15. The van der Waals surface area contributed by atoms with Crippen molar-refractivity contribution in [3.05, 3.63) is 0 Å². The lowest BCUT2D eigenvalue weighted by Crippen LogP contribution is -2.51. The first-order valence-corrected chi connectivity index (χ1v) is 9.17. The van der Waals surface area contributed by atoms with Crippen molar-refractivity contribution in [2.75, 3.05) is 13.1 Å². The third kappa shape index (κ3) is 2.99. The molecule has 2 atom stereocenters. The zero-order chi connectivity index (χ0) is 14.9. The molecule has 3 heteroatoms. The Balaban J connectivity index is 1.75. The van der Waals surface area contributed by atoms with E-state index in [4.69, 9.17) is 0 Å². The minimum absolute atomic E-state index is 0.0185. The van der Waals surface area contributed by atoms with E-state index in [9.17, 15) is 4.79 Å². The van der Waals surface area contributed by atoms with Crippen LogP contribution in [0.2, 0.25) is 0 Å². The SMILES string of the molecule is CC(C)CC1(C(=O)N2CCCC2C2CCCN2)CCCC1. The van der Waals surface area contributed by atoms with Crippen molar-refractivity contribution in [2.24, 2.45) is 11.3 Å². The monoisotopic (exact) mass is 292 g/mol. The second-order valence-electron chi connectivity index (χ2n) is 8.00. The maximum atomic E-state index is 13.4. The van der Waals surface area contributed by atoms with Gasteiger partial charge in [0.15, 0.2) is 0 Å². The summed E-state index contributed by atoms with van der Waals surface area (Å²) in [6.07, 6.45) is 10.8. The van der Waals surface area contributed by atoms with Gasteiger partial charge in [0.2, 0.25) is 5.91 Å². The number of amides is 1. The summed E-state index contributed by atoms with van der Waals surface area (Å²) >= 11 is 0. The van der Waals surface area contributed by atoms with Gasteiger partial charge in [-0.25, -0.2) is 0 Å². The first kappa shape index (κ1) is 15.3. The number of rotatable bonds is 4. The standard InChI is InChI=1S/C18H32N2O/c1-14(2)13-18(9-3-4-10-18)17(21)20-12-6-8-16(20)15-7-5-11-19-15/h14-16,19H,3-13H2,1-2H3. The number of likely N-dealkylation sites (tertiary alicyclic amines) is 1. The number of carbonyl (C=O) groups excluding carboxylic acids is 1. The van der Waals surface area contributed by atoms with Crippen molar-refractivity contribution in [3.63, 3.8) is 0 Å². The highest BCUT2D eigenvalue weighted by atomic mass is 16.2. The van der Waals surface area contributed by atoms with Crippen LogP contribution in [0.1, 0.15) is 71.6 Å². The van der Waals surface area contributed by atoms with Crippen LogP contribution in [0, 0.1) is 11.3 Å². The Morgan fingerprint density at radius 3 is 2.57 bits per heavy atom. The van der Waals surface area contributed by atoms with Crippen molar-refractivity contribution in [2.45, 2.75) is 83.7 Å². The predicted molar refractivity (Wildman–Crippen MR) is 86.1 cm³/mol. The highest BCUT2D eigenvalue weighted by Gasteiger charge is 2.47. The third-order valence-corrected chi connectivity index (χ3v) is 5.94. The van der Waals surface area contributed by atoms with Gasteiger partial charge in [0.1, 0.15) is 0 Å². The molecule has 0 aromatic carbocycles. The van der Waals surface area contributed by atoms with Crippen LogP contribution in [0.25, 0.3) is 0 Å². The molecule has 3 nitrogen and oxygen atoms in total. The van der Waals surface area contributed by atoms with Gasteiger partial charge >= 0.3 is 0 Å². The van der Waals surface area contributed by atoms with Crippen LogP contribution in [0.4, 0.5) is 0 Å². The highest BCUT2D eigenvalue weighted by Crippen LogP contribution is 2.46. The predicted octanol–water partition coefficient (Wildman–Crippen LogP) is 3.34. The molecule has 21 heavy (non-hydrogen) atoms. The number of nitrogens with one attached hydrogen (secondary N) is 1. The second-order valence-corrected chi connectivity index (χ2v) is 8.00. The minimum Gasteiger partial charge on any atom is -0.338 e. The van der Waals surface area contributed by atoms with E-state index in [1.54, 1.807) is 0 Å². The lowest BCUT2D eigenvalue weighted by molar-refractivity contribution is -0.144. The largest absolute Gasteiger partial charge is 0.338 e. The van der Waals surface area contributed by atoms with Crippen LogP contribution in [-0.2, 0) is 4.79 Å². The van der Waals surface area contributed by atoms with E-state index >= 15 is 0 Å². The summed E-state index contributed by atoms with van der Waals surface area (Å²) in [6, 6.07) is 1.04. The summed E-state index contributed by atoms with van der Waals surface area (Å²) in [5.41, 5.74) is -0.0185. The molecule has 0 spiro atoms. The van der Waals surface area contributed by atoms with Crippen LogP contribution in [0.15, 0.2) is 0 Å². The summed E-state index contributed by atoms with van der Waals surface area (Å²) in [4.78, 5) is 15.7. The van der Waals surface area contributed by atoms with Crippen LogP contribution in [0.5, 0.6) is 0 Å². The lowest BCUT2D eigenvalue weighted by Gasteiger charge is -2.38. The average Bonchev–Trinajstić information content (AvgIpc) is 3.18. The van der Waals surface area contributed by atoms with Gasteiger partial charge in [-0.3, -0.25) is 4.79 Å². The quantitative estimate of drug-likeness (QED) is 0.862. The normalized spacial score (nSPS) is 32.2. The van der Waals surface area contributed by atoms with Crippen LogP contribution in [0.3, 0.4) is 0 Å². The second kappa shape index (κ2) is 6.28. The van der Waals surface area contributed by atoms with Crippen LogP contribution >= 0.6 is 0 Å². The van der Waals surface area contributed by atoms with Crippen molar-refractivity contribution in [3.8, 4) is 0 Å². The fraction of sp³-hybridized carbons (Fsp3) is 0.944. The number of hydrogen-bond acceptors (Lipinski definition) is 2. The van der Waals surface area contributed by atoms with Crippen molar-refractivity contribution >= 4 is 5.91 Å². The van der Waals surface area contributed by atoms with Crippen LogP contribution in [-0.4, -0.2) is 36.0 Å². The Hall–Kier alpha value is -0.570. The molecule has 1 N–H and O–H groups in total. The molecule has 1 saturated carbocycles. The highest BCUT2D eigenvalue weighted by molar-refractivity contribution is 5.83. The maximum Gasteiger partial charge on any atom is 0.229 e. The van der Waals surface area contributed by atoms with E-state index in [2.05, 4.69) is 24.1 Å². The molecular formula is C18H32N2O. The van der Waals surface area contributed by atoms with E-state index < -0.39 is 0 Å². The van der Waals surface area contributed by atoms with E-state index in [0.717, 1.165) is 32.4 Å². The third-order valence-electron chi connectivity index (χ3n) is 5.94. The van der Waals surface area contributed by atoms with E-state index in [-0.39, 0.29) is 5.41 Å². The molecule has 2 aliphatic heterocycles. The van der Waals surface area contributed by atoms with Gasteiger partial charge in [0.05, 0.1) is 0 Å². The summed E-state index contributed by atoms with van der Waals surface area (Å²) < 4.78 is 0. The Morgan fingerprint density at radius 2 is 1.95 bits per heavy atom. The van der Waals surface area contributed by atoms with Gasteiger partial charge in [0.25, 0.3) is 0 Å². The molecule has 1 aliphatic carbocycles. The van der Waals surface area contributed by atoms with Gasteiger partial charge in [-0.2, -0.15) is 0 Å². The summed E-state index contributed by atoms with van der Waals surface area (Å²) in [6.45, 7) is 6.68. The topological polar surface area (TPSA) is 32.3 Å². The van der Waals surface area contributed by atoms with Crippen molar-refractivity contribution < 1.29 is 4.79 Å².